The van der Waals surface area contributed by atoms with Gasteiger partial charge in [0.1, 0.15) is 5.72 Å². The predicted molar refractivity (Wildman–Crippen MR) is 60.1 cm³/mol. The van der Waals surface area contributed by atoms with Crippen LogP contribution in [0.2, 0.25) is 0 Å². The molecule has 0 heterocycles. The highest BCUT2D eigenvalue weighted by Crippen LogP contribution is 2.42. The molecular formula is C12H15F2NO2. The van der Waals surface area contributed by atoms with E-state index in [0.717, 1.165) is 18.9 Å². The minimum atomic E-state index is -0.982. The van der Waals surface area contributed by atoms with Crippen molar-refractivity contribution in [3.8, 4) is 5.75 Å². The third-order valence-electron chi connectivity index (χ3n) is 2.74. The molecular weight excluding hydrogens is 228 g/mol. The van der Waals surface area contributed by atoms with Gasteiger partial charge in [0.2, 0.25) is 5.82 Å². The molecule has 0 bridgehead atoms. The second-order valence-electron chi connectivity index (χ2n) is 3.99. The van der Waals surface area contributed by atoms with E-state index in [-0.39, 0.29) is 5.75 Å². The van der Waals surface area contributed by atoms with Gasteiger partial charge in [0.05, 0.1) is 12.8 Å². The van der Waals surface area contributed by atoms with Crippen molar-refractivity contribution in [1.82, 2.24) is 0 Å². The Bertz CT molecular complexity index is 419. The second kappa shape index (κ2) is 4.49. The highest BCUT2D eigenvalue weighted by molar-refractivity contribution is 5.59. The molecule has 0 atom stereocenters. The summed E-state index contributed by atoms with van der Waals surface area (Å²) in [5.74, 6) is -2.02. The molecule has 17 heavy (non-hydrogen) atoms. The first kappa shape index (κ1) is 12.1. The topological polar surface area (TPSA) is 30.5 Å². The summed E-state index contributed by atoms with van der Waals surface area (Å²) >= 11 is 0. The quantitative estimate of drug-likeness (QED) is 0.806. The van der Waals surface area contributed by atoms with E-state index >= 15 is 0 Å². The van der Waals surface area contributed by atoms with Gasteiger partial charge in [-0.05, 0) is 31.9 Å². The molecule has 1 aromatic rings. The van der Waals surface area contributed by atoms with Gasteiger partial charge in [-0.25, -0.2) is 4.39 Å². The van der Waals surface area contributed by atoms with Gasteiger partial charge < -0.3 is 14.8 Å². The molecule has 1 N–H and O–H groups in total. The van der Waals surface area contributed by atoms with Crippen LogP contribution in [0.1, 0.15) is 19.8 Å². The molecule has 0 unspecified atom stereocenters. The maximum Gasteiger partial charge on any atom is 0.202 e. The fourth-order valence-corrected chi connectivity index (χ4v) is 1.77. The molecule has 2 rings (SSSR count). The van der Waals surface area contributed by atoms with Crippen LogP contribution in [0.25, 0.3) is 0 Å². The first-order chi connectivity index (χ1) is 8.12. The maximum atomic E-state index is 13.5. The summed E-state index contributed by atoms with van der Waals surface area (Å²) in [7, 11) is 1.31. The number of halogens is 2. The Balaban J connectivity index is 2.24. The number of ether oxygens (including phenoxy) is 2. The minimum Gasteiger partial charge on any atom is -0.491 e. The maximum absolute atomic E-state index is 13.5. The average molecular weight is 243 g/mol. The first-order valence-electron chi connectivity index (χ1n) is 5.56. The van der Waals surface area contributed by atoms with Crippen molar-refractivity contribution < 1.29 is 18.3 Å². The van der Waals surface area contributed by atoms with Gasteiger partial charge in [-0.2, -0.15) is 4.39 Å². The normalized spacial score (nSPS) is 16.7. The van der Waals surface area contributed by atoms with Crippen LogP contribution in [0.4, 0.5) is 14.5 Å². The van der Waals surface area contributed by atoms with Crippen molar-refractivity contribution in [3.05, 3.63) is 23.8 Å². The lowest BCUT2D eigenvalue weighted by atomic mass is 10.2. The Kier molecular flexibility index (Phi) is 3.19. The van der Waals surface area contributed by atoms with Gasteiger partial charge in [-0.15, -0.1) is 0 Å². The van der Waals surface area contributed by atoms with Crippen molar-refractivity contribution in [3.63, 3.8) is 0 Å². The molecule has 0 aliphatic heterocycles. The van der Waals surface area contributed by atoms with Gasteiger partial charge in [0, 0.05) is 6.61 Å². The molecule has 1 saturated carbocycles. The molecule has 5 heteroatoms. The number of methoxy groups -OCH3 is 1. The standard InChI is InChI=1S/C12H15F2NO2/c1-3-17-12(6-7-12)15-9-5-4-8(13)10(14)11(9)16-2/h4-5,15H,3,6-7H2,1-2H3. The lowest BCUT2D eigenvalue weighted by molar-refractivity contribution is 0.0629. The smallest absolute Gasteiger partial charge is 0.202 e. The van der Waals surface area contributed by atoms with E-state index in [1.807, 2.05) is 6.92 Å². The Morgan fingerprint density at radius 2 is 2.06 bits per heavy atom. The molecule has 3 nitrogen and oxygen atoms in total. The summed E-state index contributed by atoms with van der Waals surface area (Å²) in [4.78, 5) is 0. The monoisotopic (exact) mass is 243 g/mol. The van der Waals surface area contributed by atoms with E-state index in [0.29, 0.717) is 12.3 Å². The number of nitrogens with one attached hydrogen (secondary N) is 1. The van der Waals surface area contributed by atoms with Crippen LogP contribution in [0.5, 0.6) is 5.75 Å². The van der Waals surface area contributed by atoms with Crippen LogP contribution < -0.4 is 10.1 Å². The summed E-state index contributed by atoms with van der Waals surface area (Å²) < 4.78 is 36.9. The summed E-state index contributed by atoms with van der Waals surface area (Å²) in [5.41, 5.74) is -0.0240. The molecule has 1 fully saturated rings. The Morgan fingerprint density at radius 3 is 2.59 bits per heavy atom. The van der Waals surface area contributed by atoms with Crippen molar-refractivity contribution in [2.45, 2.75) is 25.5 Å². The molecule has 1 aliphatic carbocycles. The largest absolute Gasteiger partial charge is 0.491 e. The lowest BCUT2D eigenvalue weighted by Gasteiger charge is -2.20. The zero-order valence-corrected chi connectivity index (χ0v) is 9.85. The minimum absolute atomic E-state index is 0.115. The molecule has 0 amide bonds. The summed E-state index contributed by atoms with van der Waals surface area (Å²) in [5, 5.41) is 3.06. The second-order valence-corrected chi connectivity index (χ2v) is 3.99. The van der Waals surface area contributed by atoms with Gasteiger partial charge in [0.15, 0.2) is 11.6 Å². The number of hydrogen-bond donors (Lipinski definition) is 1. The van der Waals surface area contributed by atoms with E-state index in [1.165, 1.54) is 13.2 Å². The molecule has 0 saturated heterocycles. The van der Waals surface area contributed by atoms with Crippen molar-refractivity contribution >= 4 is 5.69 Å². The number of benzene rings is 1. The Labute approximate surface area is 98.7 Å². The van der Waals surface area contributed by atoms with Gasteiger partial charge in [0.25, 0.3) is 0 Å². The van der Waals surface area contributed by atoms with Crippen LogP contribution in [0, 0.1) is 11.6 Å². The SMILES string of the molecule is CCOC1(Nc2ccc(F)c(F)c2OC)CC1. The van der Waals surface area contributed by atoms with Crippen molar-refractivity contribution in [2.75, 3.05) is 19.0 Å². The third kappa shape index (κ3) is 2.34. The summed E-state index contributed by atoms with van der Waals surface area (Å²) in [6.45, 7) is 2.46. The third-order valence-corrected chi connectivity index (χ3v) is 2.74. The fraction of sp³-hybridized carbons (Fsp3) is 0.500. The van der Waals surface area contributed by atoms with Crippen LogP contribution in [-0.4, -0.2) is 19.4 Å². The van der Waals surface area contributed by atoms with E-state index < -0.39 is 17.4 Å². The van der Waals surface area contributed by atoms with Gasteiger partial charge in [-0.3, -0.25) is 0 Å². The molecule has 0 radical (unpaired) electrons. The van der Waals surface area contributed by atoms with E-state index in [4.69, 9.17) is 9.47 Å². The first-order valence-corrected chi connectivity index (χ1v) is 5.56. The Morgan fingerprint density at radius 1 is 1.35 bits per heavy atom. The van der Waals surface area contributed by atoms with Crippen molar-refractivity contribution in [1.29, 1.82) is 0 Å². The van der Waals surface area contributed by atoms with Crippen LogP contribution in [0.15, 0.2) is 12.1 Å². The molecule has 0 spiro atoms. The molecule has 1 aliphatic rings. The number of rotatable bonds is 5. The van der Waals surface area contributed by atoms with E-state index in [1.54, 1.807) is 0 Å². The predicted octanol–water partition coefficient (Wildman–Crippen LogP) is 2.91. The summed E-state index contributed by atoms with van der Waals surface area (Å²) in [6.07, 6.45) is 1.70. The van der Waals surface area contributed by atoms with Gasteiger partial charge >= 0.3 is 0 Å². The molecule has 94 valence electrons. The highest BCUT2D eigenvalue weighted by Gasteiger charge is 2.44. The van der Waals surface area contributed by atoms with Gasteiger partial charge in [-0.1, -0.05) is 0 Å². The van der Waals surface area contributed by atoms with Crippen LogP contribution >= 0.6 is 0 Å². The van der Waals surface area contributed by atoms with Crippen LogP contribution in [0.3, 0.4) is 0 Å². The zero-order valence-electron chi connectivity index (χ0n) is 9.85. The van der Waals surface area contributed by atoms with Crippen LogP contribution in [-0.2, 0) is 4.74 Å². The molecule has 0 aromatic heterocycles. The van der Waals surface area contributed by atoms with E-state index in [2.05, 4.69) is 5.32 Å². The average Bonchev–Trinajstić information content (AvgIpc) is 3.05. The van der Waals surface area contributed by atoms with Crippen molar-refractivity contribution in [2.24, 2.45) is 0 Å². The Hall–Kier alpha value is -1.36. The number of anilines is 1. The fourth-order valence-electron chi connectivity index (χ4n) is 1.77. The van der Waals surface area contributed by atoms with E-state index in [9.17, 15) is 8.78 Å². The highest BCUT2D eigenvalue weighted by atomic mass is 19.2. The number of hydrogen-bond acceptors (Lipinski definition) is 3. The summed E-state index contributed by atoms with van der Waals surface area (Å²) in [6, 6.07) is 2.53. The zero-order chi connectivity index (χ0) is 12.5. The molecule has 1 aromatic carbocycles. The lowest BCUT2D eigenvalue weighted by Crippen LogP contribution is -2.25.